The van der Waals surface area contributed by atoms with Crippen LogP contribution >= 0.6 is 0 Å². The van der Waals surface area contributed by atoms with Crippen molar-refractivity contribution < 1.29 is 13.7 Å². The number of rotatable bonds is 8. The second kappa shape index (κ2) is 7.63. The van der Waals surface area contributed by atoms with Gasteiger partial charge in [-0.1, -0.05) is 18.2 Å². The highest BCUT2D eigenvalue weighted by atomic mass is 28.4. The maximum absolute atomic E-state index is 5.86. The molecule has 21 heavy (non-hydrogen) atoms. The minimum Gasteiger partial charge on any atom is -0.395 e. The first kappa shape index (κ1) is 16.1. The quantitative estimate of drug-likeness (QED) is 0.741. The topological polar surface area (TPSA) is 39.7 Å². The van der Waals surface area contributed by atoms with Crippen molar-refractivity contribution in [1.82, 2.24) is 5.48 Å². The van der Waals surface area contributed by atoms with E-state index in [4.69, 9.17) is 13.7 Å². The monoisotopic (exact) mass is 307 g/mol. The average Bonchev–Trinajstić information content (AvgIpc) is 2.47. The third-order valence-corrected chi connectivity index (χ3v) is 6.58. The number of fused-ring (bicyclic) bond motifs is 1. The molecule has 1 aromatic rings. The molecule has 5 heteroatoms. The molecule has 0 radical (unpaired) electrons. The Hall–Kier alpha value is -1.30. The largest absolute Gasteiger partial charge is 0.395 e. The Kier molecular flexibility index (Phi) is 5.84. The molecule has 0 spiro atoms. The van der Waals surface area contributed by atoms with Crippen LogP contribution in [0.15, 0.2) is 30.0 Å². The van der Waals surface area contributed by atoms with Crippen LogP contribution < -0.4 is 10.3 Å². The molecule has 1 heterocycles. The lowest BCUT2D eigenvalue weighted by molar-refractivity contribution is 0.187. The van der Waals surface area contributed by atoms with E-state index in [0.717, 1.165) is 49.1 Å². The molecule has 1 N–H and O–H groups in total. The second-order valence-electron chi connectivity index (χ2n) is 5.26. The van der Waals surface area contributed by atoms with Gasteiger partial charge in [-0.05, 0) is 51.4 Å². The number of allylic oxidation sites excluding steroid dienone is 1. The number of hydroxylamine groups is 1. The molecule has 0 bridgehead atoms. The summed E-state index contributed by atoms with van der Waals surface area (Å²) in [6, 6.07) is 9.02. The molecule has 2 rings (SSSR count). The Morgan fingerprint density at radius 2 is 1.86 bits per heavy atom. The van der Waals surface area contributed by atoms with Crippen LogP contribution in [0.4, 0.5) is 0 Å². The molecule has 0 fully saturated rings. The van der Waals surface area contributed by atoms with Gasteiger partial charge in [-0.2, -0.15) is 0 Å². The molecular weight excluding hydrogens is 282 g/mol. The van der Waals surface area contributed by atoms with Crippen molar-refractivity contribution in [3.63, 3.8) is 0 Å². The molecule has 0 aliphatic carbocycles. The zero-order chi connectivity index (χ0) is 15.1. The van der Waals surface area contributed by atoms with E-state index in [0.29, 0.717) is 0 Å². The van der Waals surface area contributed by atoms with E-state index in [-0.39, 0.29) is 0 Å². The molecular formula is C16H25NO3Si. The predicted molar refractivity (Wildman–Crippen MR) is 87.1 cm³/mol. The van der Waals surface area contributed by atoms with E-state index in [1.165, 1.54) is 0 Å². The van der Waals surface area contributed by atoms with E-state index in [1.54, 1.807) is 0 Å². The maximum atomic E-state index is 5.86. The van der Waals surface area contributed by atoms with Crippen molar-refractivity contribution in [1.29, 1.82) is 0 Å². The van der Waals surface area contributed by atoms with Gasteiger partial charge in [0.25, 0.3) is 0 Å². The number of hydrogen-bond donors (Lipinski definition) is 1. The lowest BCUT2D eigenvalue weighted by Gasteiger charge is -2.26. The molecule has 0 atom stereocenters. The van der Waals surface area contributed by atoms with Crippen molar-refractivity contribution in [2.45, 2.75) is 39.3 Å². The Labute approximate surface area is 128 Å². The lowest BCUT2D eigenvalue weighted by Crippen LogP contribution is -2.38. The molecule has 1 aromatic carbocycles. The molecule has 0 saturated heterocycles. The first-order valence-corrected chi connectivity index (χ1v) is 10.2. The predicted octanol–water partition coefficient (Wildman–Crippen LogP) is 3.85. The van der Waals surface area contributed by atoms with Gasteiger partial charge in [0.2, 0.25) is 0 Å². The highest BCUT2D eigenvalue weighted by Gasteiger charge is 2.30. The number of nitrogens with one attached hydrogen (secondary N) is 1. The summed E-state index contributed by atoms with van der Waals surface area (Å²) in [6.45, 7) is 7.65. The van der Waals surface area contributed by atoms with Crippen LogP contribution in [-0.4, -0.2) is 21.8 Å². The molecule has 0 amide bonds. The van der Waals surface area contributed by atoms with Crippen LogP contribution in [0.2, 0.25) is 12.6 Å². The minimum atomic E-state index is -2.00. The summed E-state index contributed by atoms with van der Waals surface area (Å²) < 4.78 is 11.7. The Balaban J connectivity index is 1.88. The molecule has 0 unspecified atom stereocenters. The second-order valence-corrected chi connectivity index (χ2v) is 8.61. The van der Waals surface area contributed by atoms with Gasteiger partial charge in [-0.15, -0.1) is 0 Å². The lowest BCUT2D eigenvalue weighted by atomic mass is 10.1. The highest BCUT2D eigenvalue weighted by Crippen LogP contribution is 2.26. The molecule has 0 saturated carbocycles. The third kappa shape index (κ3) is 4.59. The van der Waals surface area contributed by atoms with Crippen molar-refractivity contribution in [2.24, 2.45) is 0 Å². The summed E-state index contributed by atoms with van der Waals surface area (Å²) in [6.07, 6.45) is 4.13. The molecule has 4 nitrogen and oxygen atoms in total. The number of para-hydroxylation sites is 1. The Morgan fingerprint density at radius 1 is 1.14 bits per heavy atom. The van der Waals surface area contributed by atoms with Crippen LogP contribution in [-0.2, 0) is 8.85 Å². The molecule has 1 aliphatic heterocycles. The first-order valence-electron chi connectivity index (χ1n) is 7.67. The fourth-order valence-electron chi connectivity index (χ4n) is 2.55. The van der Waals surface area contributed by atoms with Crippen LogP contribution in [0.5, 0.6) is 5.75 Å². The van der Waals surface area contributed by atoms with Gasteiger partial charge in [0.15, 0.2) is 5.75 Å². The van der Waals surface area contributed by atoms with Crippen molar-refractivity contribution in [2.75, 3.05) is 13.2 Å². The summed E-state index contributed by atoms with van der Waals surface area (Å²) in [4.78, 5) is 5.54. The fourth-order valence-corrected chi connectivity index (χ4v) is 4.96. The normalized spacial score (nSPS) is 14.0. The molecule has 116 valence electrons. The van der Waals surface area contributed by atoms with Gasteiger partial charge in [0.1, 0.15) is 0 Å². The van der Waals surface area contributed by atoms with Gasteiger partial charge in [0, 0.05) is 24.5 Å². The van der Waals surface area contributed by atoms with Crippen molar-refractivity contribution >= 4 is 14.6 Å². The summed E-state index contributed by atoms with van der Waals surface area (Å²) in [5.74, 6) is 0.879. The zero-order valence-corrected chi connectivity index (χ0v) is 14.1. The molecule has 0 aromatic heterocycles. The van der Waals surface area contributed by atoms with Gasteiger partial charge in [-0.3, -0.25) is 0 Å². The van der Waals surface area contributed by atoms with Crippen molar-refractivity contribution in [3.05, 3.63) is 35.5 Å². The van der Waals surface area contributed by atoms with Crippen LogP contribution in [0, 0.1) is 0 Å². The van der Waals surface area contributed by atoms with E-state index < -0.39 is 8.56 Å². The SMILES string of the molecule is CCO[Si](C)(CCCC1=Cc2ccccc2ON1)OCC. The number of benzene rings is 1. The standard InChI is InChI=1S/C16H25NO3Si/c1-4-18-21(3,19-5-2)12-8-10-15-13-14-9-6-7-11-16(14)20-17-15/h6-7,9,11,13,17H,4-5,8,10,12H2,1-3H3. The van der Waals surface area contributed by atoms with Crippen LogP contribution in [0.25, 0.3) is 6.08 Å². The number of hydrogen-bond acceptors (Lipinski definition) is 4. The highest BCUT2D eigenvalue weighted by molar-refractivity contribution is 6.66. The van der Waals surface area contributed by atoms with Gasteiger partial charge in [0.05, 0.1) is 0 Å². The minimum absolute atomic E-state index is 0.722. The summed E-state index contributed by atoms with van der Waals surface area (Å²) in [7, 11) is -2.00. The summed E-state index contributed by atoms with van der Waals surface area (Å²) in [5.41, 5.74) is 5.26. The summed E-state index contributed by atoms with van der Waals surface area (Å²) in [5, 5.41) is 0. The van der Waals surface area contributed by atoms with Gasteiger partial charge >= 0.3 is 8.56 Å². The van der Waals surface area contributed by atoms with E-state index in [9.17, 15) is 0 Å². The zero-order valence-electron chi connectivity index (χ0n) is 13.1. The smallest absolute Gasteiger partial charge is 0.334 e. The maximum Gasteiger partial charge on any atom is 0.334 e. The molecule has 1 aliphatic rings. The average molecular weight is 307 g/mol. The van der Waals surface area contributed by atoms with Crippen LogP contribution in [0.3, 0.4) is 0 Å². The third-order valence-electron chi connectivity index (χ3n) is 3.52. The van der Waals surface area contributed by atoms with E-state index in [1.807, 2.05) is 32.0 Å². The Bertz CT molecular complexity index is 484. The first-order chi connectivity index (χ1) is 10.2. The van der Waals surface area contributed by atoms with Gasteiger partial charge < -0.3 is 13.7 Å². The Morgan fingerprint density at radius 3 is 2.57 bits per heavy atom. The fraction of sp³-hybridized carbons (Fsp3) is 0.500. The van der Waals surface area contributed by atoms with E-state index >= 15 is 0 Å². The van der Waals surface area contributed by atoms with Crippen LogP contribution in [0.1, 0.15) is 32.3 Å². The van der Waals surface area contributed by atoms with Crippen molar-refractivity contribution in [3.8, 4) is 5.75 Å². The summed E-state index contributed by atoms with van der Waals surface area (Å²) >= 11 is 0. The van der Waals surface area contributed by atoms with Gasteiger partial charge in [-0.25, -0.2) is 5.48 Å². The van der Waals surface area contributed by atoms with E-state index in [2.05, 4.69) is 24.2 Å².